The van der Waals surface area contributed by atoms with Crippen LogP contribution in [0.1, 0.15) is 20.7 Å². The highest BCUT2D eigenvalue weighted by Crippen LogP contribution is 2.28. The Labute approximate surface area is 106 Å². The zero-order chi connectivity index (χ0) is 14.2. The lowest BCUT2D eigenvalue weighted by Crippen LogP contribution is -2.16. The Morgan fingerprint density at radius 2 is 1.68 bits per heavy atom. The second kappa shape index (κ2) is 4.37. The summed E-state index contributed by atoms with van der Waals surface area (Å²) in [5, 5.41) is 11.4. The third-order valence-corrected chi connectivity index (χ3v) is 2.70. The van der Waals surface area contributed by atoms with Crippen LogP contribution in [0.5, 0.6) is 0 Å². The summed E-state index contributed by atoms with van der Waals surface area (Å²) >= 11 is 0. The first-order valence-corrected chi connectivity index (χ1v) is 5.22. The molecule has 0 aliphatic rings. The summed E-state index contributed by atoms with van der Waals surface area (Å²) in [5.41, 5.74) is 10.2. The maximum absolute atomic E-state index is 11.4. The molecule has 2 aromatic rings. The number of fused-ring (bicyclic) bond motifs is 1. The van der Waals surface area contributed by atoms with Gasteiger partial charge in [0.15, 0.2) is 0 Å². The van der Waals surface area contributed by atoms with Crippen molar-refractivity contribution in [2.45, 2.75) is 0 Å². The number of primary amides is 2. The van der Waals surface area contributed by atoms with Crippen LogP contribution in [0.25, 0.3) is 10.8 Å². The van der Waals surface area contributed by atoms with Gasteiger partial charge in [-0.15, -0.1) is 0 Å². The van der Waals surface area contributed by atoms with Crippen LogP contribution in [0.2, 0.25) is 0 Å². The molecule has 4 N–H and O–H groups in total. The molecule has 2 aromatic carbocycles. The van der Waals surface area contributed by atoms with Crippen LogP contribution in [-0.2, 0) is 0 Å². The molecule has 2 amide bonds. The number of hydrogen-bond acceptors (Lipinski definition) is 4. The highest BCUT2D eigenvalue weighted by molar-refractivity contribution is 6.15. The van der Waals surface area contributed by atoms with Gasteiger partial charge in [-0.05, 0) is 11.5 Å². The Hall–Kier alpha value is -2.96. The van der Waals surface area contributed by atoms with E-state index in [-0.39, 0.29) is 22.2 Å². The Balaban J connectivity index is 2.95. The van der Waals surface area contributed by atoms with Crippen molar-refractivity contribution in [3.8, 4) is 0 Å². The fraction of sp³-hybridized carbons (Fsp3) is 0. The van der Waals surface area contributed by atoms with Gasteiger partial charge in [0.25, 0.3) is 5.69 Å². The van der Waals surface area contributed by atoms with Crippen molar-refractivity contribution < 1.29 is 14.5 Å². The monoisotopic (exact) mass is 259 g/mol. The molecule has 0 saturated heterocycles. The van der Waals surface area contributed by atoms with E-state index < -0.39 is 16.7 Å². The van der Waals surface area contributed by atoms with Crippen LogP contribution < -0.4 is 11.5 Å². The van der Waals surface area contributed by atoms with E-state index in [9.17, 15) is 19.7 Å². The smallest absolute Gasteiger partial charge is 0.270 e. The second-order valence-electron chi connectivity index (χ2n) is 3.88. The zero-order valence-corrected chi connectivity index (χ0v) is 9.62. The Morgan fingerprint density at radius 3 is 2.21 bits per heavy atom. The molecule has 0 spiro atoms. The number of carbonyl (C=O) groups excluding carboxylic acids is 2. The number of nitrogens with zero attached hydrogens (tertiary/aromatic N) is 1. The molecule has 7 nitrogen and oxygen atoms in total. The molecule has 7 heteroatoms. The highest BCUT2D eigenvalue weighted by atomic mass is 16.6. The third kappa shape index (κ3) is 2.08. The first kappa shape index (κ1) is 12.5. The van der Waals surface area contributed by atoms with E-state index in [1.807, 2.05) is 0 Å². The highest BCUT2D eigenvalue weighted by Gasteiger charge is 2.18. The lowest BCUT2D eigenvalue weighted by Gasteiger charge is -2.07. The zero-order valence-electron chi connectivity index (χ0n) is 9.62. The molecule has 96 valence electrons. The fourth-order valence-corrected chi connectivity index (χ4v) is 1.92. The summed E-state index contributed by atoms with van der Waals surface area (Å²) in [7, 11) is 0. The van der Waals surface area contributed by atoms with Gasteiger partial charge < -0.3 is 11.5 Å². The number of nitrogens with two attached hydrogens (primary N) is 2. The molecule has 0 fully saturated rings. The summed E-state index contributed by atoms with van der Waals surface area (Å²) in [5.74, 6) is -1.59. The van der Waals surface area contributed by atoms with Crippen LogP contribution in [0.4, 0.5) is 5.69 Å². The number of carbonyl (C=O) groups is 2. The van der Waals surface area contributed by atoms with Crippen LogP contribution >= 0.6 is 0 Å². The van der Waals surface area contributed by atoms with E-state index in [0.717, 1.165) is 6.07 Å². The van der Waals surface area contributed by atoms with Gasteiger partial charge in [0.2, 0.25) is 11.8 Å². The predicted molar refractivity (Wildman–Crippen MR) is 67.6 cm³/mol. The topological polar surface area (TPSA) is 129 Å². The molecule has 0 unspecified atom stereocenters. The average molecular weight is 259 g/mol. The largest absolute Gasteiger partial charge is 0.366 e. The summed E-state index contributed by atoms with van der Waals surface area (Å²) in [4.78, 5) is 32.9. The van der Waals surface area contributed by atoms with Crippen molar-refractivity contribution in [2.75, 3.05) is 0 Å². The second-order valence-corrected chi connectivity index (χ2v) is 3.88. The maximum Gasteiger partial charge on any atom is 0.270 e. The molecule has 0 radical (unpaired) electrons. The number of amides is 2. The van der Waals surface area contributed by atoms with Gasteiger partial charge in [0.05, 0.1) is 10.5 Å². The van der Waals surface area contributed by atoms with Crippen molar-refractivity contribution in [2.24, 2.45) is 11.5 Å². The molecule has 0 aliphatic carbocycles. The lowest BCUT2D eigenvalue weighted by molar-refractivity contribution is -0.384. The molecule has 0 aliphatic heterocycles. The normalized spacial score (nSPS) is 10.3. The number of non-ortho nitro benzene ring substituents is 1. The van der Waals surface area contributed by atoms with E-state index in [2.05, 4.69) is 0 Å². The minimum atomic E-state index is -0.859. The van der Waals surface area contributed by atoms with Gasteiger partial charge in [-0.25, -0.2) is 0 Å². The van der Waals surface area contributed by atoms with Crippen LogP contribution in [0.3, 0.4) is 0 Å². The average Bonchev–Trinajstić information content (AvgIpc) is 2.36. The Bertz CT molecular complexity index is 724. The molecule has 0 aromatic heterocycles. The summed E-state index contributed by atoms with van der Waals surface area (Å²) in [6.07, 6.45) is 0. The molecule has 0 bridgehead atoms. The molecule has 0 atom stereocenters. The van der Waals surface area contributed by atoms with Gasteiger partial charge in [0.1, 0.15) is 0 Å². The number of nitro benzene ring substituents is 1. The van der Waals surface area contributed by atoms with Gasteiger partial charge in [-0.3, -0.25) is 19.7 Å². The lowest BCUT2D eigenvalue weighted by atomic mass is 9.97. The Kier molecular flexibility index (Phi) is 2.88. The quantitative estimate of drug-likeness (QED) is 0.627. The summed E-state index contributed by atoms with van der Waals surface area (Å²) < 4.78 is 0. The number of rotatable bonds is 3. The van der Waals surface area contributed by atoms with Crippen molar-refractivity contribution in [1.82, 2.24) is 0 Å². The minimum Gasteiger partial charge on any atom is -0.366 e. The first-order valence-electron chi connectivity index (χ1n) is 5.22. The molecular formula is C12H9N3O4. The SMILES string of the molecule is NC(=O)c1cccc2cc([N+](=O)[O-])cc(C(N)=O)c12. The van der Waals surface area contributed by atoms with Gasteiger partial charge in [-0.1, -0.05) is 12.1 Å². The van der Waals surface area contributed by atoms with E-state index in [1.165, 1.54) is 18.2 Å². The maximum atomic E-state index is 11.4. The van der Waals surface area contributed by atoms with Crippen molar-refractivity contribution in [1.29, 1.82) is 0 Å². The molecule has 19 heavy (non-hydrogen) atoms. The van der Waals surface area contributed by atoms with Crippen molar-refractivity contribution in [3.05, 3.63) is 51.6 Å². The van der Waals surface area contributed by atoms with Gasteiger partial charge in [0, 0.05) is 23.1 Å². The van der Waals surface area contributed by atoms with Gasteiger partial charge >= 0.3 is 0 Å². The molecule has 0 heterocycles. The number of hydrogen-bond donors (Lipinski definition) is 2. The van der Waals surface area contributed by atoms with Crippen LogP contribution in [0.15, 0.2) is 30.3 Å². The fourth-order valence-electron chi connectivity index (χ4n) is 1.92. The first-order chi connectivity index (χ1) is 8.91. The number of benzene rings is 2. The Morgan fingerprint density at radius 1 is 1.05 bits per heavy atom. The predicted octanol–water partition coefficient (Wildman–Crippen LogP) is 0.946. The van der Waals surface area contributed by atoms with E-state index >= 15 is 0 Å². The standard InChI is InChI=1S/C12H9N3O4/c13-11(16)8-3-1-2-6-4-7(15(18)19)5-9(10(6)8)12(14)17/h1-5H,(H2,13,16)(H2,14,17). The van der Waals surface area contributed by atoms with E-state index in [0.29, 0.717) is 5.39 Å². The van der Waals surface area contributed by atoms with E-state index in [1.54, 1.807) is 6.07 Å². The number of nitro groups is 1. The minimum absolute atomic E-state index is 0.0983. The van der Waals surface area contributed by atoms with Crippen molar-refractivity contribution >= 4 is 28.3 Å². The van der Waals surface area contributed by atoms with Crippen LogP contribution in [-0.4, -0.2) is 16.7 Å². The third-order valence-electron chi connectivity index (χ3n) is 2.70. The molecular weight excluding hydrogens is 250 g/mol. The van der Waals surface area contributed by atoms with E-state index in [4.69, 9.17) is 11.5 Å². The van der Waals surface area contributed by atoms with Gasteiger partial charge in [-0.2, -0.15) is 0 Å². The molecule has 0 saturated carbocycles. The summed E-state index contributed by atoms with van der Waals surface area (Å²) in [6, 6.07) is 6.80. The van der Waals surface area contributed by atoms with Crippen molar-refractivity contribution in [3.63, 3.8) is 0 Å². The van der Waals surface area contributed by atoms with Crippen LogP contribution in [0, 0.1) is 10.1 Å². The molecule has 2 rings (SSSR count). The summed E-state index contributed by atoms with van der Waals surface area (Å²) in [6.45, 7) is 0.